The molecule has 1 saturated carbocycles. The SMILES string of the molecule is NC(N)=S.NC1(N)CCCCC1. The molecule has 0 spiro atoms. The van der Waals surface area contributed by atoms with Crippen molar-refractivity contribution in [3.63, 3.8) is 0 Å². The van der Waals surface area contributed by atoms with E-state index >= 15 is 0 Å². The summed E-state index contributed by atoms with van der Waals surface area (Å²) in [5.41, 5.74) is 20.2. The molecule has 0 bridgehead atoms. The molecule has 1 rings (SSSR count). The fourth-order valence-electron chi connectivity index (χ4n) is 1.21. The Morgan fingerprint density at radius 1 is 1.00 bits per heavy atom. The van der Waals surface area contributed by atoms with E-state index in [0.717, 1.165) is 12.8 Å². The molecule has 1 aliphatic rings. The Morgan fingerprint density at radius 3 is 1.50 bits per heavy atom. The predicted molar refractivity (Wildman–Crippen MR) is 55.2 cm³/mol. The van der Waals surface area contributed by atoms with Crippen LogP contribution in [0.4, 0.5) is 0 Å². The second kappa shape index (κ2) is 5.29. The zero-order valence-electron chi connectivity index (χ0n) is 7.25. The standard InChI is InChI=1S/C6H14N2.CH4N2S/c7-6(8)4-2-1-3-5-6;2-1(3)4/h1-5,7-8H2;(H4,2,3,4). The number of rotatable bonds is 0. The first-order valence-corrected chi connectivity index (χ1v) is 4.47. The summed E-state index contributed by atoms with van der Waals surface area (Å²) in [5.74, 6) is 0. The van der Waals surface area contributed by atoms with Crippen molar-refractivity contribution in [1.29, 1.82) is 0 Å². The molecule has 0 unspecified atom stereocenters. The normalized spacial score (nSPS) is 20.5. The van der Waals surface area contributed by atoms with Gasteiger partial charge in [0.25, 0.3) is 0 Å². The van der Waals surface area contributed by atoms with Crippen LogP contribution in [0.15, 0.2) is 0 Å². The van der Waals surface area contributed by atoms with Gasteiger partial charge in [-0.25, -0.2) is 0 Å². The first-order valence-electron chi connectivity index (χ1n) is 4.07. The van der Waals surface area contributed by atoms with E-state index < -0.39 is 0 Å². The van der Waals surface area contributed by atoms with Gasteiger partial charge in [0.1, 0.15) is 0 Å². The van der Waals surface area contributed by atoms with Crippen molar-refractivity contribution in [3.05, 3.63) is 0 Å². The molecular formula is C7H18N4S. The first kappa shape index (κ1) is 11.6. The third-order valence-electron chi connectivity index (χ3n) is 1.78. The van der Waals surface area contributed by atoms with Crippen LogP contribution >= 0.6 is 12.2 Å². The summed E-state index contributed by atoms with van der Waals surface area (Å²) in [6.07, 6.45) is 5.76. The van der Waals surface area contributed by atoms with Crippen LogP contribution in [0.5, 0.6) is 0 Å². The third kappa shape index (κ3) is 7.71. The summed E-state index contributed by atoms with van der Waals surface area (Å²) < 4.78 is 0. The van der Waals surface area contributed by atoms with Gasteiger partial charge in [0.15, 0.2) is 5.11 Å². The largest absolute Gasteiger partial charge is 0.377 e. The molecule has 0 aromatic rings. The summed E-state index contributed by atoms with van der Waals surface area (Å²) in [7, 11) is 0. The van der Waals surface area contributed by atoms with Gasteiger partial charge in [0, 0.05) is 0 Å². The highest BCUT2D eigenvalue weighted by molar-refractivity contribution is 7.80. The van der Waals surface area contributed by atoms with Gasteiger partial charge in [-0.05, 0) is 25.1 Å². The lowest BCUT2D eigenvalue weighted by molar-refractivity contribution is 0.306. The van der Waals surface area contributed by atoms with Crippen molar-refractivity contribution >= 4 is 17.3 Å². The lowest BCUT2D eigenvalue weighted by Crippen LogP contribution is -2.50. The van der Waals surface area contributed by atoms with Gasteiger partial charge in [0.05, 0.1) is 5.66 Å². The van der Waals surface area contributed by atoms with E-state index in [1.165, 1.54) is 19.3 Å². The van der Waals surface area contributed by atoms with Gasteiger partial charge in [-0.1, -0.05) is 19.3 Å². The Morgan fingerprint density at radius 2 is 1.33 bits per heavy atom. The third-order valence-corrected chi connectivity index (χ3v) is 1.78. The van der Waals surface area contributed by atoms with E-state index in [4.69, 9.17) is 11.5 Å². The van der Waals surface area contributed by atoms with Crippen molar-refractivity contribution < 1.29 is 0 Å². The van der Waals surface area contributed by atoms with E-state index in [-0.39, 0.29) is 10.8 Å². The highest BCUT2D eigenvalue weighted by Crippen LogP contribution is 2.20. The average molecular weight is 190 g/mol. The Balaban J connectivity index is 0.000000261. The molecule has 0 atom stereocenters. The van der Waals surface area contributed by atoms with Gasteiger partial charge >= 0.3 is 0 Å². The number of hydrogen-bond donors (Lipinski definition) is 4. The van der Waals surface area contributed by atoms with Crippen molar-refractivity contribution in [2.24, 2.45) is 22.9 Å². The lowest BCUT2D eigenvalue weighted by Gasteiger charge is -2.28. The molecule has 1 aliphatic carbocycles. The van der Waals surface area contributed by atoms with Crippen LogP contribution in [0.2, 0.25) is 0 Å². The molecule has 0 amide bonds. The monoisotopic (exact) mass is 190 g/mol. The van der Waals surface area contributed by atoms with E-state index in [9.17, 15) is 0 Å². The van der Waals surface area contributed by atoms with Crippen LogP contribution in [0.3, 0.4) is 0 Å². The second-order valence-electron chi connectivity index (χ2n) is 3.20. The van der Waals surface area contributed by atoms with Crippen LogP contribution in [0.1, 0.15) is 32.1 Å². The fourth-order valence-corrected chi connectivity index (χ4v) is 1.21. The number of hydrogen-bond acceptors (Lipinski definition) is 3. The quantitative estimate of drug-likeness (QED) is 0.311. The molecule has 0 aliphatic heterocycles. The van der Waals surface area contributed by atoms with E-state index in [1.807, 2.05) is 0 Å². The maximum absolute atomic E-state index is 5.66. The summed E-state index contributed by atoms with van der Waals surface area (Å²) in [5, 5.41) is 0.000000000000000222. The number of thiocarbonyl (C=S) groups is 1. The lowest BCUT2D eigenvalue weighted by atomic mass is 9.91. The van der Waals surface area contributed by atoms with Gasteiger partial charge in [-0.2, -0.15) is 0 Å². The predicted octanol–water partition coefficient (Wildman–Crippen LogP) is -0.247. The second-order valence-corrected chi connectivity index (χ2v) is 3.67. The maximum atomic E-state index is 5.66. The molecule has 0 radical (unpaired) electrons. The van der Waals surface area contributed by atoms with Crippen molar-refractivity contribution in [2.75, 3.05) is 0 Å². The van der Waals surface area contributed by atoms with Crippen molar-refractivity contribution in [3.8, 4) is 0 Å². The first-order chi connectivity index (χ1) is 5.44. The molecule has 0 aromatic carbocycles. The fraction of sp³-hybridized carbons (Fsp3) is 0.857. The summed E-state index contributed by atoms with van der Waals surface area (Å²) >= 11 is 4.09. The molecule has 1 fully saturated rings. The number of nitrogens with two attached hydrogens (primary N) is 4. The van der Waals surface area contributed by atoms with Gasteiger partial charge in [-0.3, -0.25) is 0 Å². The molecule has 4 nitrogen and oxygen atoms in total. The van der Waals surface area contributed by atoms with Crippen LogP contribution in [0.25, 0.3) is 0 Å². The Kier molecular flexibility index (Phi) is 5.12. The highest BCUT2D eigenvalue weighted by atomic mass is 32.1. The van der Waals surface area contributed by atoms with Gasteiger partial charge in [-0.15, -0.1) is 0 Å². The average Bonchev–Trinajstić information content (AvgIpc) is 1.85. The molecule has 8 N–H and O–H groups in total. The highest BCUT2D eigenvalue weighted by Gasteiger charge is 2.21. The molecule has 5 heteroatoms. The van der Waals surface area contributed by atoms with E-state index in [2.05, 4.69) is 23.7 Å². The van der Waals surface area contributed by atoms with Crippen LogP contribution in [0, 0.1) is 0 Å². The summed E-state index contributed by atoms with van der Waals surface area (Å²) in [6.45, 7) is 0. The Labute approximate surface area is 78.6 Å². The minimum absolute atomic E-state index is 0.000000000000000222. The van der Waals surface area contributed by atoms with E-state index in [1.54, 1.807) is 0 Å². The minimum atomic E-state index is -0.321. The molecule has 0 saturated heterocycles. The van der Waals surface area contributed by atoms with E-state index in [0.29, 0.717) is 0 Å². The minimum Gasteiger partial charge on any atom is -0.377 e. The Bertz CT molecular complexity index is 134. The van der Waals surface area contributed by atoms with Crippen LogP contribution in [-0.2, 0) is 0 Å². The molecule has 72 valence electrons. The van der Waals surface area contributed by atoms with Crippen LogP contribution < -0.4 is 22.9 Å². The Hall–Kier alpha value is -0.390. The van der Waals surface area contributed by atoms with Gasteiger partial charge in [0.2, 0.25) is 0 Å². The summed E-state index contributed by atoms with van der Waals surface area (Å²) in [6, 6.07) is 0. The zero-order valence-corrected chi connectivity index (χ0v) is 8.07. The topological polar surface area (TPSA) is 104 Å². The smallest absolute Gasteiger partial charge is 0.160 e. The molecular weight excluding hydrogens is 172 g/mol. The van der Waals surface area contributed by atoms with Crippen LogP contribution in [-0.4, -0.2) is 10.8 Å². The van der Waals surface area contributed by atoms with Gasteiger partial charge < -0.3 is 22.9 Å². The zero-order chi connectivity index (χ0) is 9.61. The van der Waals surface area contributed by atoms with Crippen molar-refractivity contribution in [2.45, 2.75) is 37.8 Å². The maximum Gasteiger partial charge on any atom is 0.160 e. The molecule has 0 aromatic heterocycles. The van der Waals surface area contributed by atoms with Crippen molar-refractivity contribution in [1.82, 2.24) is 0 Å². The summed E-state index contributed by atoms with van der Waals surface area (Å²) in [4.78, 5) is 0. The molecule has 12 heavy (non-hydrogen) atoms. The molecule has 0 heterocycles.